The normalized spacial score (nSPS) is 14.6. The molecule has 0 amide bonds. The van der Waals surface area contributed by atoms with Gasteiger partial charge >= 0.3 is 0 Å². The Hall–Kier alpha value is 0.01000. The van der Waals surface area contributed by atoms with E-state index in [1.807, 2.05) is 11.8 Å². The lowest BCUT2D eigenvalue weighted by Gasteiger charge is -2.20. The molecule has 0 saturated carbocycles. The maximum Gasteiger partial charge on any atom is 0.0318 e. The van der Waals surface area contributed by atoms with E-state index in [1.54, 1.807) is 0 Å². The van der Waals surface area contributed by atoms with Crippen LogP contribution in [0.1, 0.15) is 31.9 Å². The minimum absolute atomic E-state index is 0.469. The number of thioether (sulfide) groups is 1. The Morgan fingerprint density at radius 3 is 2.76 bits per heavy atom. The zero-order valence-electron chi connectivity index (χ0n) is 10.9. The Morgan fingerprint density at radius 2 is 2.18 bits per heavy atom. The van der Waals surface area contributed by atoms with Crippen molar-refractivity contribution in [2.45, 2.75) is 26.3 Å². The highest BCUT2D eigenvalue weighted by atomic mass is 79.9. The molecule has 1 aromatic rings. The quantitative estimate of drug-likeness (QED) is 0.795. The number of hydrogen-bond donors (Lipinski definition) is 1. The smallest absolute Gasteiger partial charge is 0.0318 e. The molecule has 1 aromatic carbocycles. The largest absolute Gasteiger partial charge is 0.310 e. The van der Waals surface area contributed by atoms with E-state index < -0.39 is 0 Å². The first kappa shape index (κ1) is 15.1. The van der Waals surface area contributed by atoms with Crippen LogP contribution in [-0.2, 0) is 0 Å². The van der Waals surface area contributed by atoms with Crippen molar-refractivity contribution in [1.82, 2.24) is 5.32 Å². The highest BCUT2D eigenvalue weighted by molar-refractivity contribution is 9.10. The van der Waals surface area contributed by atoms with Crippen LogP contribution in [0.3, 0.4) is 0 Å². The summed E-state index contributed by atoms with van der Waals surface area (Å²) in [5.74, 6) is 1.95. The van der Waals surface area contributed by atoms with Crippen molar-refractivity contribution in [2.24, 2.45) is 5.92 Å². The van der Waals surface area contributed by atoms with Gasteiger partial charge in [-0.3, -0.25) is 0 Å². The van der Waals surface area contributed by atoms with Gasteiger partial charge in [-0.15, -0.1) is 0 Å². The molecule has 0 bridgehead atoms. The van der Waals surface area contributed by atoms with Crippen molar-refractivity contribution in [3.8, 4) is 0 Å². The molecule has 0 aliphatic heterocycles. The zero-order valence-corrected chi connectivity index (χ0v) is 13.3. The topological polar surface area (TPSA) is 12.0 Å². The van der Waals surface area contributed by atoms with E-state index in [0.29, 0.717) is 6.04 Å². The van der Waals surface area contributed by atoms with Gasteiger partial charge in [0.2, 0.25) is 0 Å². The van der Waals surface area contributed by atoms with Crippen LogP contribution in [0.15, 0.2) is 28.7 Å². The number of nitrogens with one attached hydrogen (secondary N) is 1. The Labute approximate surface area is 118 Å². The summed E-state index contributed by atoms with van der Waals surface area (Å²) in [7, 11) is 0. The van der Waals surface area contributed by atoms with Gasteiger partial charge < -0.3 is 5.32 Å². The summed E-state index contributed by atoms with van der Waals surface area (Å²) in [4.78, 5) is 0. The summed E-state index contributed by atoms with van der Waals surface area (Å²) in [5.41, 5.74) is 1.37. The summed E-state index contributed by atoms with van der Waals surface area (Å²) in [6.07, 6.45) is 3.30. The van der Waals surface area contributed by atoms with Crippen molar-refractivity contribution >= 4 is 27.7 Å². The summed E-state index contributed by atoms with van der Waals surface area (Å²) in [6.45, 7) is 5.63. The van der Waals surface area contributed by atoms with Crippen LogP contribution in [0.5, 0.6) is 0 Å². The third-order valence-corrected chi connectivity index (χ3v) is 4.22. The predicted octanol–water partition coefficient (Wildman–Crippen LogP) is 4.49. The standard InChI is InChI=1S/C14H22BrNS/c1-4-14(16-9-11(2)10-17-3)12-6-5-7-13(15)8-12/h5-8,11,14,16H,4,9-10H2,1-3H3. The van der Waals surface area contributed by atoms with E-state index in [-0.39, 0.29) is 0 Å². The van der Waals surface area contributed by atoms with Crippen molar-refractivity contribution in [1.29, 1.82) is 0 Å². The number of benzene rings is 1. The zero-order chi connectivity index (χ0) is 12.7. The van der Waals surface area contributed by atoms with Crippen LogP contribution >= 0.6 is 27.7 Å². The molecule has 0 aromatic heterocycles. The lowest BCUT2D eigenvalue weighted by atomic mass is 10.0. The molecule has 0 spiro atoms. The van der Waals surface area contributed by atoms with Gasteiger partial charge in [-0.05, 0) is 48.6 Å². The fraction of sp³-hybridized carbons (Fsp3) is 0.571. The summed E-state index contributed by atoms with van der Waals surface area (Å²) >= 11 is 5.45. The van der Waals surface area contributed by atoms with Gasteiger partial charge in [-0.1, -0.05) is 41.9 Å². The maximum absolute atomic E-state index is 3.66. The fourth-order valence-electron chi connectivity index (χ4n) is 1.91. The van der Waals surface area contributed by atoms with E-state index in [2.05, 4.69) is 65.6 Å². The van der Waals surface area contributed by atoms with Crippen molar-refractivity contribution in [3.05, 3.63) is 34.3 Å². The Balaban J connectivity index is 2.54. The van der Waals surface area contributed by atoms with E-state index in [1.165, 1.54) is 11.3 Å². The van der Waals surface area contributed by atoms with Crippen molar-refractivity contribution < 1.29 is 0 Å². The summed E-state index contributed by atoms with van der Waals surface area (Å²) in [6, 6.07) is 9.06. The minimum Gasteiger partial charge on any atom is -0.310 e. The number of halogens is 1. The average Bonchev–Trinajstić information content (AvgIpc) is 2.30. The molecule has 0 aliphatic rings. The average molecular weight is 316 g/mol. The van der Waals surface area contributed by atoms with E-state index >= 15 is 0 Å². The SMILES string of the molecule is CCC(NCC(C)CSC)c1cccc(Br)c1. The molecule has 17 heavy (non-hydrogen) atoms. The van der Waals surface area contributed by atoms with E-state index in [9.17, 15) is 0 Å². The predicted molar refractivity (Wildman–Crippen MR) is 82.7 cm³/mol. The van der Waals surface area contributed by atoms with Gasteiger partial charge in [0.15, 0.2) is 0 Å². The van der Waals surface area contributed by atoms with E-state index in [4.69, 9.17) is 0 Å². The monoisotopic (exact) mass is 315 g/mol. The molecule has 1 rings (SSSR count). The molecule has 0 saturated heterocycles. The van der Waals surface area contributed by atoms with Crippen LogP contribution in [0.25, 0.3) is 0 Å². The molecule has 1 nitrogen and oxygen atoms in total. The molecule has 2 atom stereocenters. The van der Waals surface area contributed by atoms with Crippen LogP contribution in [0.4, 0.5) is 0 Å². The Kier molecular flexibility index (Phi) is 7.24. The Bertz CT molecular complexity index is 330. The van der Waals surface area contributed by atoms with Crippen LogP contribution < -0.4 is 5.32 Å². The van der Waals surface area contributed by atoms with Gasteiger partial charge in [0, 0.05) is 10.5 Å². The van der Waals surface area contributed by atoms with Crippen molar-refractivity contribution in [2.75, 3.05) is 18.6 Å². The molecule has 96 valence electrons. The molecule has 2 unspecified atom stereocenters. The second-order valence-corrected chi connectivity index (χ2v) is 6.31. The minimum atomic E-state index is 0.469. The first-order chi connectivity index (χ1) is 8.17. The van der Waals surface area contributed by atoms with E-state index in [0.717, 1.165) is 23.4 Å². The van der Waals surface area contributed by atoms with Crippen LogP contribution in [0.2, 0.25) is 0 Å². The summed E-state index contributed by atoms with van der Waals surface area (Å²) < 4.78 is 1.16. The van der Waals surface area contributed by atoms with Gasteiger partial charge in [0.05, 0.1) is 0 Å². The maximum atomic E-state index is 3.66. The number of rotatable bonds is 7. The highest BCUT2D eigenvalue weighted by Gasteiger charge is 2.10. The fourth-order valence-corrected chi connectivity index (χ4v) is 3.01. The van der Waals surface area contributed by atoms with Gasteiger partial charge in [-0.25, -0.2) is 0 Å². The third-order valence-electron chi connectivity index (χ3n) is 2.82. The van der Waals surface area contributed by atoms with Gasteiger partial charge in [0.25, 0.3) is 0 Å². The second kappa shape index (κ2) is 8.17. The second-order valence-electron chi connectivity index (χ2n) is 4.48. The molecular weight excluding hydrogens is 294 g/mol. The first-order valence-electron chi connectivity index (χ1n) is 6.15. The third kappa shape index (κ3) is 5.45. The molecule has 3 heteroatoms. The van der Waals surface area contributed by atoms with Gasteiger partial charge in [0.1, 0.15) is 0 Å². The molecular formula is C14H22BrNS. The van der Waals surface area contributed by atoms with Crippen molar-refractivity contribution in [3.63, 3.8) is 0 Å². The van der Waals surface area contributed by atoms with Crippen LogP contribution in [-0.4, -0.2) is 18.6 Å². The van der Waals surface area contributed by atoms with Gasteiger partial charge in [-0.2, -0.15) is 11.8 Å². The first-order valence-corrected chi connectivity index (χ1v) is 8.33. The molecule has 0 aliphatic carbocycles. The lowest BCUT2D eigenvalue weighted by molar-refractivity contribution is 0.468. The van der Waals surface area contributed by atoms with Crippen LogP contribution in [0, 0.1) is 5.92 Å². The molecule has 0 radical (unpaired) electrons. The Morgan fingerprint density at radius 1 is 1.41 bits per heavy atom. The molecule has 0 fully saturated rings. The molecule has 0 heterocycles. The molecule has 1 N–H and O–H groups in total. The number of hydrogen-bond acceptors (Lipinski definition) is 2. The highest BCUT2D eigenvalue weighted by Crippen LogP contribution is 2.21. The summed E-state index contributed by atoms with van der Waals surface area (Å²) in [5, 5.41) is 3.66. The lowest BCUT2D eigenvalue weighted by Crippen LogP contribution is -2.26.